The van der Waals surface area contributed by atoms with Gasteiger partial charge in [-0.1, -0.05) is 32.0 Å². The minimum Gasteiger partial charge on any atom is -0.368 e. The minimum atomic E-state index is -3.72. The number of nitrogens with one attached hydrogen (secondary N) is 1. The van der Waals surface area contributed by atoms with Gasteiger partial charge in [-0.3, -0.25) is 4.72 Å². The zero-order valence-electron chi connectivity index (χ0n) is 11.2. The van der Waals surface area contributed by atoms with Crippen LogP contribution in [0, 0.1) is 0 Å². The number of aromatic nitrogens is 2. The molecule has 0 aliphatic heterocycles. The fraction of sp³-hybridized carbons (Fsp3) is 0.231. The Balaban J connectivity index is 2.36. The topological polar surface area (TPSA) is 98.0 Å². The van der Waals surface area contributed by atoms with E-state index in [4.69, 9.17) is 5.73 Å². The Kier molecular flexibility index (Phi) is 3.89. The van der Waals surface area contributed by atoms with Gasteiger partial charge in [0.15, 0.2) is 0 Å². The number of hydrogen-bond acceptors (Lipinski definition) is 5. The lowest BCUT2D eigenvalue weighted by molar-refractivity contribution is 0.600. The number of hydrogen-bond donors (Lipinski definition) is 2. The standard InChI is InChI=1S/C13H16N4O2S/c1-9(2)11-5-3-4-6-12(11)17-20(18,19)10-7-15-13(14)16-8-10/h3-9,17H,1-2H3,(H2,14,15,16). The van der Waals surface area contributed by atoms with Gasteiger partial charge in [-0.2, -0.15) is 0 Å². The van der Waals surface area contributed by atoms with Crippen LogP contribution >= 0.6 is 0 Å². The highest BCUT2D eigenvalue weighted by Crippen LogP contribution is 2.25. The van der Waals surface area contributed by atoms with E-state index < -0.39 is 10.0 Å². The van der Waals surface area contributed by atoms with Crippen LogP contribution in [0.2, 0.25) is 0 Å². The van der Waals surface area contributed by atoms with Gasteiger partial charge in [0.2, 0.25) is 5.95 Å². The van der Waals surface area contributed by atoms with Crippen LogP contribution in [0.15, 0.2) is 41.6 Å². The Morgan fingerprint density at radius 3 is 2.35 bits per heavy atom. The van der Waals surface area contributed by atoms with Crippen LogP contribution in [0.4, 0.5) is 11.6 Å². The average Bonchev–Trinajstić information content (AvgIpc) is 2.39. The van der Waals surface area contributed by atoms with Gasteiger partial charge >= 0.3 is 0 Å². The lowest BCUT2D eigenvalue weighted by atomic mass is 10.0. The van der Waals surface area contributed by atoms with Gasteiger partial charge in [-0.25, -0.2) is 18.4 Å². The van der Waals surface area contributed by atoms with Crippen molar-refractivity contribution in [3.63, 3.8) is 0 Å². The van der Waals surface area contributed by atoms with Crippen molar-refractivity contribution in [3.05, 3.63) is 42.2 Å². The zero-order chi connectivity index (χ0) is 14.8. The van der Waals surface area contributed by atoms with Crippen LogP contribution in [0.5, 0.6) is 0 Å². The third-order valence-electron chi connectivity index (χ3n) is 2.79. The molecule has 2 rings (SSSR count). The van der Waals surface area contributed by atoms with Crippen LogP contribution in [-0.4, -0.2) is 18.4 Å². The maximum atomic E-state index is 12.3. The molecule has 0 atom stereocenters. The minimum absolute atomic E-state index is 0.0229. The molecular formula is C13H16N4O2S. The molecule has 1 aromatic heterocycles. The number of sulfonamides is 1. The van der Waals surface area contributed by atoms with Gasteiger partial charge in [0.05, 0.1) is 18.1 Å². The summed E-state index contributed by atoms with van der Waals surface area (Å²) in [7, 11) is -3.72. The van der Waals surface area contributed by atoms with Crippen LogP contribution < -0.4 is 10.5 Å². The van der Waals surface area contributed by atoms with Crippen molar-refractivity contribution < 1.29 is 8.42 Å². The highest BCUT2D eigenvalue weighted by Gasteiger charge is 2.17. The summed E-state index contributed by atoms with van der Waals surface area (Å²) in [5, 5.41) is 0. The summed E-state index contributed by atoms with van der Waals surface area (Å²) in [6.45, 7) is 4.00. The first-order valence-corrected chi connectivity index (χ1v) is 7.58. The number of anilines is 2. The van der Waals surface area contributed by atoms with E-state index in [9.17, 15) is 8.42 Å². The number of nitrogens with two attached hydrogens (primary N) is 1. The predicted octanol–water partition coefficient (Wildman–Crippen LogP) is 1.98. The first-order chi connectivity index (χ1) is 9.40. The molecule has 0 radical (unpaired) electrons. The molecule has 0 aliphatic rings. The Morgan fingerprint density at radius 2 is 1.75 bits per heavy atom. The molecule has 1 aromatic carbocycles. The summed E-state index contributed by atoms with van der Waals surface area (Å²) in [4.78, 5) is 7.36. The summed E-state index contributed by atoms with van der Waals surface area (Å²) in [5.74, 6) is 0.239. The smallest absolute Gasteiger partial charge is 0.264 e. The molecule has 1 heterocycles. The second-order valence-corrected chi connectivity index (χ2v) is 6.31. The van der Waals surface area contributed by atoms with Crippen molar-refractivity contribution in [1.29, 1.82) is 0 Å². The molecule has 0 saturated heterocycles. The first-order valence-electron chi connectivity index (χ1n) is 6.09. The zero-order valence-corrected chi connectivity index (χ0v) is 12.1. The lowest BCUT2D eigenvalue weighted by Gasteiger charge is -2.14. The van der Waals surface area contributed by atoms with Crippen molar-refractivity contribution in [2.75, 3.05) is 10.5 Å². The fourth-order valence-electron chi connectivity index (χ4n) is 1.76. The molecular weight excluding hydrogens is 276 g/mol. The number of para-hydroxylation sites is 1. The lowest BCUT2D eigenvalue weighted by Crippen LogP contribution is -2.15. The molecule has 7 heteroatoms. The van der Waals surface area contributed by atoms with Gasteiger partial charge in [0.1, 0.15) is 4.90 Å². The van der Waals surface area contributed by atoms with Crippen molar-refractivity contribution >= 4 is 21.7 Å². The van der Waals surface area contributed by atoms with Gasteiger partial charge < -0.3 is 5.73 Å². The van der Waals surface area contributed by atoms with Gasteiger partial charge in [-0.05, 0) is 17.5 Å². The maximum absolute atomic E-state index is 12.3. The second kappa shape index (κ2) is 5.46. The Morgan fingerprint density at radius 1 is 1.15 bits per heavy atom. The monoisotopic (exact) mass is 292 g/mol. The third-order valence-corrected chi connectivity index (χ3v) is 4.11. The Labute approximate surface area is 118 Å². The van der Waals surface area contributed by atoms with E-state index in [1.54, 1.807) is 12.1 Å². The quantitative estimate of drug-likeness (QED) is 0.898. The van der Waals surface area contributed by atoms with Gasteiger partial charge in [0, 0.05) is 0 Å². The van der Waals surface area contributed by atoms with Crippen LogP contribution in [-0.2, 0) is 10.0 Å². The van der Waals surface area contributed by atoms with Gasteiger partial charge in [-0.15, -0.1) is 0 Å². The van der Waals surface area contributed by atoms with Crippen molar-refractivity contribution in [2.45, 2.75) is 24.7 Å². The molecule has 0 aliphatic carbocycles. The van der Waals surface area contributed by atoms with E-state index >= 15 is 0 Å². The van der Waals surface area contributed by atoms with Crippen LogP contribution in [0.3, 0.4) is 0 Å². The molecule has 0 spiro atoms. The van der Waals surface area contributed by atoms with E-state index in [0.717, 1.165) is 5.56 Å². The molecule has 0 unspecified atom stereocenters. The van der Waals surface area contributed by atoms with E-state index in [-0.39, 0.29) is 16.8 Å². The second-order valence-electron chi connectivity index (χ2n) is 4.62. The molecule has 0 amide bonds. The normalized spacial score (nSPS) is 11.6. The van der Waals surface area contributed by atoms with E-state index in [1.807, 2.05) is 26.0 Å². The number of nitrogens with zero attached hydrogens (tertiary/aromatic N) is 2. The summed E-state index contributed by atoms with van der Waals surface area (Å²) >= 11 is 0. The molecule has 2 aromatic rings. The van der Waals surface area contributed by atoms with Crippen molar-refractivity contribution in [2.24, 2.45) is 0 Å². The number of benzene rings is 1. The summed E-state index contributed by atoms with van der Waals surface area (Å²) in [6.07, 6.45) is 2.37. The summed E-state index contributed by atoms with van der Waals surface area (Å²) in [6, 6.07) is 7.27. The van der Waals surface area contributed by atoms with Crippen LogP contribution in [0.1, 0.15) is 25.3 Å². The van der Waals surface area contributed by atoms with E-state index in [1.165, 1.54) is 12.4 Å². The third kappa shape index (κ3) is 3.05. The number of rotatable bonds is 4. The Hall–Kier alpha value is -2.15. The maximum Gasteiger partial charge on any atom is 0.264 e. The fourth-order valence-corrected chi connectivity index (χ4v) is 2.74. The Bertz CT molecular complexity index is 697. The van der Waals surface area contributed by atoms with Crippen molar-refractivity contribution in [1.82, 2.24) is 9.97 Å². The largest absolute Gasteiger partial charge is 0.368 e. The van der Waals surface area contributed by atoms with Crippen LogP contribution in [0.25, 0.3) is 0 Å². The highest BCUT2D eigenvalue weighted by molar-refractivity contribution is 7.92. The molecule has 0 saturated carbocycles. The molecule has 3 N–H and O–H groups in total. The SMILES string of the molecule is CC(C)c1ccccc1NS(=O)(=O)c1cnc(N)nc1. The molecule has 6 nitrogen and oxygen atoms in total. The number of nitrogen functional groups attached to an aromatic ring is 1. The highest BCUT2D eigenvalue weighted by atomic mass is 32.2. The van der Waals surface area contributed by atoms with E-state index in [2.05, 4.69) is 14.7 Å². The molecule has 106 valence electrons. The van der Waals surface area contributed by atoms with Crippen molar-refractivity contribution in [3.8, 4) is 0 Å². The van der Waals surface area contributed by atoms with E-state index in [0.29, 0.717) is 5.69 Å². The first kappa shape index (κ1) is 14.3. The summed E-state index contributed by atoms with van der Waals surface area (Å²) < 4.78 is 27.1. The molecule has 0 fully saturated rings. The predicted molar refractivity (Wildman–Crippen MR) is 77.8 cm³/mol. The average molecular weight is 292 g/mol. The summed E-state index contributed by atoms with van der Waals surface area (Å²) in [5.41, 5.74) is 6.83. The molecule has 0 bridgehead atoms. The molecule has 20 heavy (non-hydrogen) atoms. The van der Waals surface area contributed by atoms with Gasteiger partial charge in [0.25, 0.3) is 10.0 Å².